The van der Waals surface area contributed by atoms with Crippen LogP contribution in [0.4, 0.5) is 0 Å². The van der Waals surface area contributed by atoms with E-state index in [4.69, 9.17) is 33.9 Å². The Morgan fingerprint density at radius 3 is 2.34 bits per heavy atom. The number of carbonyl (C=O) groups is 1. The van der Waals surface area contributed by atoms with Gasteiger partial charge in [-0.25, -0.2) is 24.6 Å². The van der Waals surface area contributed by atoms with Crippen LogP contribution in [0.15, 0.2) is 162 Å². The maximum Gasteiger partial charge on any atom is 0.283 e. The van der Waals surface area contributed by atoms with E-state index in [0.717, 1.165) is 76.6 Å². The quantitative estimate of drug-likeness (QED) is 0.119. The zero-order chi connectivity index (χ0) is 49.2. The lowest BCUT2D eigenvalue weighted by atomic mass is 10.00. The van der Waals surface area contributed by atoms with Gasteiger partial charge in [-0.3, -0.25) is 29.3 Å². The van der Waals surface area contributed by atoms with Gasteiger partial charge in [0.15, 0.2) is 11.5 Å². The summed E-state index contributed by atoms with van der Waals surface area (Å²) in [5.74, 6) is 2.99. The van der Waals surface area contributed by atoms with Crippen molar-refractivity contribution in [3.63, 3.8) is 0 Å². The van der Waals surface area contributed by atoms with Gasteiger partial charge in [-0.05, 0) is 96.4 Å². The number of carbonyl (C=O) groups excluding carboxylic acids is 1. The Bertz CT molecular complexity index is 4250. The van der Waals surface area contributed by atoms with Crippen LogP contribution in [0.1, 0.15) is 21.6 Å². The molecular weight excluding hydrogens is 945 g/mol. The van der Waals surface area contributed by atoms with E-state index in [1.54, 1.807) is 37.3 Å². The number of imidazole rings is 2. The minimum absolute atomic E-state index is 0.249. The van der Waals surface area contributed by atoms with Crippen LogP contribution in [-0.2, 0) is 13.2 Å². The fourth-order valence-corrected chi connectivity index (χ4v) is 10.2. The molecule has 13 rings (SSSR count). The largest absolute Gasteiger partial charge is 0.492 e. The van der Waals surface area contributed by atoms with Crippen LogP contribution in [0.3, 0.4) is 0 Å². The highest BCUT2D eigenvalue weighted by Gasteiger charge is 2.22. The van der Waals surface area contributed by atoms with E-state index in [1.807, 2.05) is 120 Å². The average Bonchev–Trinajstić information content (AvgIpc) is 4.21. The predicted molar refractivity (Wildman–Crippen MR) is 278 cm³/mol. The van der Waals surface area contributed by atoms with Gasteiger partial charge in [0, 0.05) is 35.5 Å². The van der Waals surface area contributed by atoms with E-state index in [2.05, 4.69) is 19.9 Å². The number of amides is 1. The number of para-hydroxylation sites is 2. The van der Waals surface area contributed by atoms with Gasteiger partial charge in [-0.2, -0.15) is 4.68 Å². The molecule has 12 aromatic rings. The van der Waals surface area contributed by atoms with E-state index >= 15 is 0 Å². The van der Waals surface area contributed by atoms with Crippen LogP contribution < -0.4 is 35.5 Å². The van der Waals surface area contributed by atoms with Gasteiger partial charge in [0.05, 0.1) is 67.4 Å². The van der Waals surface area contributed by atoms with Gasteiger partial charge < -0.3 is 23.5 Å². The molecule has 0 fully saturated rings. The lowest BCUT2D eigenvalue weighted by Crippen LogP contribution is -2.34. The second kappa shape index (κ2) is 17.7. The number of H-pyrrole nitrogens is 1. The summed E-state index contributed by atoms with van der Waals surface area (Å²) in [5.41, 5.74) is 11.4. The first-order chi connectivity index (χ1) is 35.8. The number of ether oxygens (including phenoxy) is 4. The highest BCUT2D eigenvalue weighted by atomic mass is 32.1. The molecule has 1 amide bonds. The number of aromatic nitrogens is 9. The van der Waals surface area contributed by atoms with Crippen LogP contribution in [0, 0.1) is 6.92 Å². The SMILES string of the molecule is Cc1c2c(=O)n(-c3nc4cc(-c5cnc6nc7ccccc7n6c5-c5ccc(OCc6ccc(OCCn7cnc8cc9c(cc87)OCCO9)cc6)cc5)ccc4s3)[nH]c2cc(=O)n1NC(=O)c1ccccc1. The van der Waals surface area contributed by atoms with Gasteiger partial charge in [0.2, 0.25) is 10.9 Å². The molecule has 18 heteroatoms. The standard InChI is InChI=1S/C55H40N10O7S/c1-32-50-43(27-49(66)64(32)61-52(67)35-7-3-2-4-8-35)60-65(53(50)68)55-59-42-25-36(15-20-48(42)73-55)39-29-56-54-58-40-9-5-6-10-44(40)63(54)51(39)34-13-18-38(19-14-34)72-30-33-11-16-37(17-12-33)69-22-21-62-31-57-41-26-46-47(28-45(41)62)71-24-23-70-46/h2-20,25-29,31,60H,21-24,30H2,1H3,(H,61,67). The highest BCUT2D eigenvalue weighted by molar-refractivity contribution is 7.20. The minimum atomic E-state index is -0.502. The van der Waals surface area contributed by atoms with E-state index in [1.165, 1.54) is 22.1 Å². The lowest BCUT2D eigenvalue weighted by Gasteiger charge is -2.18. The number of pyridine rings is 1. The molecule has 358 valence electrons. The Morgan fingerprint density at radius 1 is 0.753 bits per heavy atom. The molecule has 6 aromatic heterocycles. The second-order valence-electron chi connectivity index (χ2n) is 17.4. The van der Waals surface area contributed by atoms with E-state index < -0.39 is 17.0 Å². The lowest BCUT2D eigenvalue weighted by molar-refractivity contribution is 0.101. The number of nitrogens with zero attached hydrogens (tertiary/aromatic N) is 8. The Kier molecular flexibility index (Phi) is 10.5. The number of rotatable bonds is 12. The fraction of sp³-hybridized carbons (Fsp3) is 0.109. The summed E-state index contributed by atoms with van der Waals surface area (Å²) in [6.07, 6.45) is 3.64. The van der Waals surface area contributed by atoms with Crippen molar-refractivity contribution in [1.29, 1.82) is 0 Å². The molecule has 7 heterocycles. The number of hydrogen-bond donors (Lipinski definition) is 2. The highest BCUT2D eigenvalue weighted by Crippen LogP contribution is 2.38. The molecule has 0 radical (unpaired) electrons. The van der Waals surface area contributed by atoms with E-state index in [9.17, 15) is 14.4 Å². The third kappa shape index (κ3) is 7.85. The summed E-state index contributed by atoms with van der Waals surface area (Å²) in [4.78, 5) is 59.4. The molecule has 0 saturated carbocycles. The number of nitrogens with one attached hydrogen (secondary N) is 2. The third-order valence-electron chi connectivity index (χ3n) is 12.9. The monoisotopic (exact) mass is 984 g/mol. The number of aromatic amines is 1. The van der Waals surface area contributed by atoms with Gasteiger partial charge >= 0.3 is 0 Å². The van der Waals surface area contributed by atoms with Crippen LogP contribution >= 0.6 is 11.3 Å². The zero-order valence-electron chi connectivity index (χ0n) is 38.8. The molecule has 1 aliphatic heterocycles. The predicted octanol–water partition coefficient (Wildman–Crippen LogP) is 9.09. The molecule has 73 heavy (non-hydrogen) atoms. The summed E-state index contributed by atoms with van der Waals surface area (Å²) in [7, 11) is 0. The Morgan fingerprint density at radius 2 is 1.51 bits per heavy atom. The first-order valence-electron chi connectivity index (χ1n) is 23.4. The van der Waals surface area contributed by atoms with E-state index in [-0.39, 0.29) is 11.1 Å². The summed E-state index contributed by atoms with van der Waals surface area (Å²) in [6.45, 7) is 4.12. The molecule has 17 nitrogen and oxygen atoms in total. The fourth-order valence-electron chi connectivity index (χ4n) is 9.29. The number of benzene rings is 6. The average molecular weight is 985 g/mol. The van der Waals surface area contributed by atoms with Crippen molar-refractivity contribution < 1.29 is 23.7 Å². The molecular formula is C55H40N10O7S. The summed E-state index contributed by atoms with van der Waals surface area (Å²) in [6, 6.07) is 43.5. The second-order valence-corrected chi connectivity index (χ2v) is 18.4. The number of fused-ring (bicyclic) bond motifs is 7. The minimum Gasteiger partial charge on any atom is -0.492 e. The van der Waals surface area contributed by atoms with Crippen LogP contribution in [-0.4, -0.2) is 69.1 Å². The molecule has 1 aliphatic rings. The first kappa shape index (κ1) is 43.5. The van der Waals surface area contributed by atoms with Crippen molar-refractivity contribution in [3.05, 3.63) is 190 Å². The third-order valence-corrected chi connectivity index (χ3v) is 13.9. The van der Waals surface area contributed by atoms with Crippen molar-refractivity contribution in [2.24, 2.45) is 0 Å². The smallest absolute Gasteiger partial charge is 0.283 e. The normalized spacial score (nSPS) is 12.3. The number of thiazole rings is 1. The zero-order valence-corrected chi connectivity index (χ0v) is 39.6. The van der Waals surface area contributed by atoms with Gasteiger partial charge in [-0.1, -0.05) is 59.9 Å². The molecule has 6 aromatic carbocycles. The topological polar surface area (TPSA) is 187 Å². The first-order valence-corrected chi connectivity index (χ1v) is 24.2. The summed E-state index contributed by atoms with van der Waals surface area (Å²) in [5, 5.41) is 3.71. The Hall–Kier alpha value is -9.55. The van der Waals surface area contributed by atoms with Crippen molar-refractivity contribution in [3.8, 4) is 50.5 Å². The molecule has 0 atom stereocenters. The van der Waals surface area contributed by atoms with Crippen LogP contribution in [0.25, 0.3) is 76.5 Å². The van der Waals surface area contributed by atoms with Gasteiger partial charge in [0.1, 0.15) is 37.9 Å². The van der Waals surface area contributed by atoms with Crippen molar-refractivity contribution in [2.45, 2.75) is 20.1 Å². The molecule has 0 spiro atoms. The van der Waals surface area contributed by atoms with Crippen LogP contribution in [0.2, 0.25) is 0 Å². The molecule has 0 saturated heterocycles. The van der Waals surface area contributed by atoms with E-state index in [0.29, 0.717) is 66.2 Å². The number of hydrogen-bond acceptors (Lipinski definition) is 12. The number of aryl methyl sites for hydroxylation is 1. The summed E-state index contributed by atoms with van der Waals surface area (Å²) < 4.78 is 31.2. The maximum absolute atomic E-state index is 14.0. The van der Waals surface area contributed by atoms with Crippen molar-refractivity contribution in [2.75, 3.05) is 25.2 Å². The van der Waals surface area contributed by atoms with Gasteiger partial charge in [-0.15, -0.1) is 0 Å². The molecule has 2 N–H and O–H groups in total. The molecule has 0 unspecified atom stereocenters. The summed E-state index contributed by atoms with van der Waals surface area (Å²) >= 11 is 1.33. The van der Waals surface area contributed by atoms with Crippen molar-refractivity contribution >= 4 is 66.2 Å². The van der Waals surface area contributed by atoms with Crippen molar-refractivity contribution in [1.82, 2.24) is 43.4 Å². The van der Waals surface area contributed by atoms with Crippen LogP contribution in [0.5, 0.6) is 23.0 Å². The Balaban J connectivity index is 0.746. The maximum atomic E-state index is 14.0. The molecule has 0 bridgehead atoms. The molecule has 0 aliphatic carbocycles. The Labute approximate surface area is 417 Å². The van der Waals surface area contributed by atoms with Gasteiger partial charge in [0.25, 0.3) is 17.0 Å².